The molecule has 0 bridgehead atoms. The summed E-state index contributed by atoms with van der Waals surface area (Å²) < 4.78 is 51.2. The zero-order chi connectivity index (χ0) is 14.8. The fraction of sp³-hybridized carbons (Fsp3) is 1.00. The predicted octanol–water partition coefficient (Wildman–Crippen LogP) is 1.30. The minimum Gasteiger partial charge on any atom is -0.389 e. The van der Waals surface area contributed by atoms with Crippen molar-refractivity contribution in [1.29, 1.82) is 0 Å². The first-order chi connectivity index (χ1) is 7.77. The van der Waals surface area contributed by atoms with Crippen molar-refractivity contribution in [3.05, 3.63) is 0 Å². The van der Waals surface area contributed by atoms with Gasteiger partial charge in [-0.05, 0) is 6.92 Å². The molecule has 2 atom stereocenters. The van der Waals surface area contributed by atoms with Crippen LogP contribution in [0.5, 0.6) is 0 Å². The summed E-state index contributed by atoms with van der Waals surface area (Å²) in [5.41, 5.74) is -1.51. The van der Waals surface area contributed by atoms with Crippen molar-refractivity contribution < 1.29 is 42.2 Å². The molecule has 0 rings (SSSR count). The zero-order valence-corrected chi connectivity index (χ0v) is 11.7. The molecule has 110 valence electrons. The molecule has 0 radical (unpaired) electrons. The van der Waals surface area contributed by atoms with Crippen LogP contribution in [-0.2, 0) is 13.7 Å². The Bertz CT molecular complexity index is 382. The van der Waals surface area contributed by atoms with E-state index in [1.54, 1.807) is 0 Å². The molecule has 0 fully saturated rings. The first kappa shape index (κ1) is 18.4. The number of hydrogen-bond donors (Lipinski definition) is 4. The van der Waals surface area contributed by atoms with E-state index >= 15 is 0 Å². The molecule has 0 aromatic rings. The van der Waals surface area contributed by atoms with Crippen LogP contribution in [0.3, 0.4) is 0 Å². The molecule has 0 saturated carbocycles. The molecule has 0 spiro atoms. The van der Waals surface area contributed by atoms with Gasteiger partial charge in [-0.15, -0.1) is 11.6 Å². The van der Waals surface area contributed by atoms with Crippen LogP contribution in [0.25, 0.3) is 0 Å². The third kappa shape index (κ3) is 4.51. The van der Waals surface area contributed by atoms with Gasteiger partial charge in [-0.3, -0.25) is 9.13 Å². The summed E-state index contributed by atoms with van der Waals surface area (Å²) >= 11 is 5.30. The number of alkyl halides is 3. The fourth-order valence-electron chi connectivity index (χ4n) is 0.698. The van der Waals surface area contributed by atoms with Gasteiger partial charge in [0.1, 0.15) is 0 Å². The SMILES string of the molecule is CC(O)(CCl)CCOP(=O)(O)C(F)(F)P(=O)(O)O. The number of aliphatic hydroxyl groups is 1. The second-order valence-electron chi connectivity index (χ2n) is 3.79. The van der Waals surface area contributed by atoms with E-state index in [0.29, 0.717) is 0 Å². The molecule has 2 unspecified atom stereocenters. The average Bonchev–Trinajstić information content (AvgIpc) is 2.15. The molecule has 0 aromatic carbocycles. The minimum atomic E-state index is -6.14. The summed E-state index contributed by atoms with van der Waals surface area (Å²) in [6, 6.07) is 0. The molecule has 0 heterocycles. The molecule has 12 heteroatoms. The highest BCUT2D eigenvalue weighted by molar-refractivity contribution is 7.72. The summed E-state index contributed by atoms with van der Waals surface area (Å²) in [6.07, 6.45) is -0.363. The van der Waals surface area contributed by atoms with E-state index in [4.69, 9.17) is 26.3 Å². The van der Waals surface area contributed by atoms with E-state index in [-0.39, 0.29) is 12.3 Å². The standard InChI is InChI=1S/C6H13ClF2O7P2/c1-5(10,4-7)2-3-16-18(14,15)6(8,9)17(11,12)13/h10H,2-4H2,1H3,(H,14,15)(H2,11,12,13). The van der Waals surface area contributed by atoms with Gasteiger partial charge in [0.15, 0.2) is 0 Å². The third-order valence-electron chi connectivity index (χ3n) is 1.89. The molecular formula is C6H13ClF2O7P2. The normalized spacial score (nSPS) is 20.2. The van der Waals surface area contributed by atoms with Gasteiger partial charge in [0.2, 0.25) is 0 Å². The largest absolute Gasteiger partial charge is 0.443 e. The van der Waals surface area contributed by atoms with Crippen molar-refractivity contribution in [3.63, 3.8) is 0 Å². The maximum atomic E-state index is 12.9. The van der Waals surface area contributed by atoms with E-state index in [0.717, 1.165) is 0 Å². The highest BCUT2D eigenvalue weighted by Crippen LogP contribution is 2.73. The van der Waals surface area contributed by atoms with E-state index < -0.39 is 32.8 Å². The lowest BCUT2D eigenvalue weighted by atomic mass is 10.1. The monoisotopic (exact) mass is 332 g/mol. The van der Waals surface area contributed by atoms with E-state index in [2.05, 4.69) is 4.52 Å². The van der Waals surface area contributed by atoms with Gasteiger partial charge in [0, 0.05) is 6.42 Å². The third-order valence-corrected chi connectivity index (χ3v) is 5.91. The van der Waals surface area contributed by atoms with Gasteiger partial charge in [0.05, 0.1) is 18.1 Å². The van der Waals surface area contributed by atoms with Gasteiger partial charge < -0.3 is 24.3 Å². The second kappa shape index (κ2) is 5.81. The molecule has 0 aliphatic rings. The van der Waals surface area contributed by atoms with Crippen molar-refractivity contribution in [2.75, 3.05) is 12.5 Å². The van der Waals surface area contributed by atoms with Crippen molar-refractivity contribution in [2.24, 2.45) is 0 Å². The minimum absolute atomic E-state index is 0.277. The summed E-state index contributed by atoms with van der Waals surface area (Å²) in [4.78, 5) is 25.4. The van der Waals surface area contributed by atoms with E-state index in [1.807, 2.05) is 0 Å². The molecule has 0 aromatic heterocycles. The van der Waals surface area contributed by atoms with Crippen molar-refractivity contribution >= 4 is 26.8 Å². The Morgan fingerprint density at radius 2 is 1.72 bits per heavy atom. The van der Waals surface area contributed by atoms with Crippen LogP contribution < -0.4 is 0 Å². The first-order valence-corrected chi connectivity index (χ1v) is 8.18. The highest BCUT2D eigenvalue weighted by atomic mass is 35.5. The Kier molecular flexibility index (Phi) is 5.94. The summed E-state index contributed by atoms with van der Waals surface area (Å²) in [5, 5.41) is 4.16. The molecule has 0 aliphatic heterocycles. The van der Waals surface area contributed by atoms with E-state index in [1.165, 1.54) is 6.92 Å². The van der Waals surface area contributed by atoms with Crippen LogP contribution in [0.15, 0.2) is 0 Å². The summed E-state index contributed by atoms with van der Waals surface area (Å²) in [5.74, 6) is -0.277. The van der Waals surface area contributed by atoms with Gasteiger partial charge >= 0.3 is 20.6 Å². The Balaban J connectivity index is 4.70. The Labute approximate surface area is 106 Å². The maximum absolute atomic E-state index is 12.9. The summed E-state index contributed by atoms with van der Waals surface area (Å²) in [6.45, 7) is 0.413. The fourth-order valence-corrected chi connectivity index (χ4v) is 2.82. The van der Waals surface area contributed by atoms with E-state index in [9.17, 15) is 23.0 Å². The Hall–Kier alpha value is 0.410. The van der Waals surface area contributed by atoms with Crippen LogP contribution in [0.2, 0.25) is 0 Å². The van der Waals surface area contributed by atoms with Crippen LogP contribution in [0, 0.1) is 0 Å². The highest BCUT2D eigenvalue weighted by Gasteiger charge is 2.64. The second-order valence-corrected chi connectivity index (χ2v) is 7.92. The lowest BCUT2D eigenvalue weighted by molar-refractivity contribution is 0.0470. The van der Waals surface area contributed by atoms with Crippen LogP contribution in [0.4, 0.5) is 8.78 Å². The number of rotatable bonds is 7. The van der Waals surface area contributed by atoms with Crippen LogP contribution in [0.1, 0.15) is 13.3 Å². The topological polar surface area (TPSA) is 124 Å². The molecule has 18 heavy (non-hydrogen) atoms. The smallest absolute Gasteiger partial charge is 0.389 e. The predicted molar refractivity (Wildman–Crippen MR) is 58.7 cm³/mol. The first-order valence-electron chi connectivity index (χ1n) is 4.46. The van der Waals surface area contributed by atoms with Crippen molar-refractivity contribution in [3.8, 4) is 0 Å². The Morgan fingerprint density at radius 1 is 1.28 bits per heavy atom. The van der Waals surface area contributed by atoms with Gasteiger partial charge in [-0.25, -0.2) is 0 Å². The molecular weight excluding hydrogens is 319 g/mol. The Morgan fingerprint density at radius 3 is 2.06 bits per heavy atom. The van der Waals surface area contributed by atoms with Crippen molar-refractivity contribution in [2.45, 2.75) is 24.4 Å². The van der Waals surface area contributed by atoms with Crippen molar-refractivity contribution in [1.82, 2.24) is 0 Å². The lowest BCUT2D eigenvalue weighted by Gasteiger charge is -2.24. The number of hydrogen-bond acceptors (Lipinski definition) is 4. The summed E-state index contributed by atoms with van der Waals surface area (Å²) in [7, 11) is -12.0. The lowest BCUT2D eigenvalue weighted by Crippen LogP contribution is -2.28. The molecule has 4 N–H and O–H groups in total. The average molecular weight is 333 g/mol. The maximum Gasteiger partial charge on any atom is 0.443 e. The van der Waals surface area contributed by atoms with Crippen LogP contribution >= 0.6 is 26.8 Å². The molecule has 0 saturated heterocycles. The quantitative estimate of drug-likeness (QED) is 0.409. The number of halogens is 3. The van der Waals surface area contributed by atoms with Crippen LogP contribution in [-0.4, -0.2) is 43.3 Å². The van der Waals surface area contributed by atoms with Gasteiger partial charge in [-0.1, -0.05) is 0 Å². The molecule has 7 nitrogen and oxygen atoms in total. The zero-order valence-electron chi connectivity index (χ0n) is 9.16. The molecule has 0 amide bonds. The molecule has 0 aliphatic carbocycles. The van der Waals surface area contributed by atoms with Gasteiger partial charge in [-0.2, -0.15) is 8.78 Å². The van der Waals surface area contributed by atoms with Gasteiger partial charge in [0.25, 0.3) is 0 Å².